The Kier molecular flexibility index (Phi) is 4.88. The number of hydrogen-bond donors (Lipinski definition) is 2. The Balaban J connectivity index is 2.01. The number of carbonyl (C=O) groups excluding carboxylic acids is 1. The normalized spacial score (nSPS) is 15.9. The van der Waals surface area contributed by atoms with Crippen molar-refractivity contribution in [1.29, 1.82) is 0 Å². The summed E-state index contributed by atoms with van der Waals surface area (Å²) in [5.74, 6) is 0.997. The predicted molar refractivity (Wildman–Crippen MR) is 101 cm³/mol. The van der Waals surface area contributed by atoms with Crippen LogP contribution in [-0.4, -0.2) is 47.9 Å². The first-order valence-electron chi connectivity index (χ1n) is 8.18. The van der Waals surface area contributed by atoms with Gasteiger partial charge in [0.2, 0.25) is 5.96 Å². The van der Waals surface area contributed by atoms with E-state index in [9.17, 15) is 9.90 Å². The molecule has 7 nitrogen and oxygen atoms in total. The Morgan fingerprint density at radius 1 is 1.46 bits per heavy atom. The number of amidine groups is 1. The minimum atomic E-state index is -0.293. The van der Waals surface area contributed by atoms with Crippen LogP contribution >= 0.6 is 0 Å². The number of amides is 1. The number of aromatic hydroxyl groups is 1. The number of phenols is 1. The van der Waals surface area contributed by atoms with Crippen molar-refractivity contribution in [2.45, 2.75) is 6.92 Å². The number of allylic oxidation sites excluding steroid dienone is 3. The fraction of sp³-hybridized carbons (Fsp3) is 0.211. The maximum atomic E-state index is 12.6. The van der Waals surface area contributed by atoms with Gasteiger partial charge < -0.3 is 9.84 Å². The number of aliphatic imine (C=N–C) groups is 2. The molecule has 0 saturated carbocycles. The average Bonchev–Trinajstić information content (AvgIpc) is 3.12. The molecule has 2 N–H and O–H groups in total. The molecule has 1 amide bonds. The van der Waals surface area contributed by atoms with Gasteiger partial charge in [0.1, 0.15) is 11.5 Å². The van der Waals surface area contributed by atoms with Crippen molar-refractivity contribution >= 4 is 23.4 Å². The van der Waals surface area contributed by atoms with Crippen molar-refractivity contribution < 1.29 is 14.6 Å². The first kappa shape index (κ1) is 17.5. The highest BCUT2D eigenvalue weighted by molar-refractivity contribution is 6.20. The molecule has 134 valence electrons. The minimum absolute atomic E-state index is 0.0178. The fourth-order valence-corrected chi connectivity index (χ4v) is 2.85. The van der Waals surface area contributed by atoms with Gasteiger partial charge in [-0.3, -0.25) is 20.0 Å². The van der Waals surface area contributed by atoms with E-state index in [1.165, 1.54) is 7.11 Å². The van der Waals surface area contributed by atoms with E-state index < -0.39 is 0 Å². The Labute approximate surface area is 151 Å². The predicted octanol–water partition coefficient (Wildman–Crippen LogP) is 2.27. The second-order valence-corrected chi connectivity index (χ2v) is 5.60. The Bertz CT molecular complexity index is 881. The van der Waals surface area contributed by atoms with Gasteiger partial charge in [0.15, 0.2) is 11.5 Å². The van der Waals surface area contributed by atoms with E-state index in [1.54, 1.807) is 43.4 Å². The van der Waals surface area contributed by atoms with Crippen molar-refractivity contribution in [1.82, 2.24) is 10.2 Å². The molecule has 3 rings (SSSR count). The zero-order chi connectivity index (χ0) is 18.7. The van der Waals surface area contributed by atoms with E-state index in [0.29, 0.717) is 36.1 Å². The van der Waals surface area contributed by atoms with Crippen LogP contribution in [0, 0.1) is 0 Å². The van der Waals surface area contributed by atoms with Crippen molar-refractivity contribution in [2.75, 3.05) is 20.2 Å². The number of carbonyl (C=O) groups is 1. The summed E-state index contributed by atoms with van der Waals surface area (Å²) < 4.78 is 5.29. The molecule has 1 aromatic carbocycles. The number of fused-ring (bicyclic) bond motifs is 3. The number of rotatable bonds is 4. The van der Waals surface area contributed by atoms with Crippen molar-refractivity contribution in [3.63, 3.8) is 0 Å². The molecule has 0 atom stereocenters. The van der Waals surface area contributed by atoms with Crippen LogP contribution in [0.3, 0.4) is 0 Å². The molecule has 0 spiro atoms. The minimum Gasteiger partial charge on any atom is -0.504 e. The molecule has 0 bridgehead atoms. The van der Waals surface area contributed by atoms with E-state index in [4.69, 9.17) is 4.74 Å². The number of benzene rings is 1. The summed E-state index contributed by atoms with van der Waals surface area (Å²) in [7, 11) is 1.46. The smallest absolute Gasteiger partial charge is 0.257 e. The van der Waals surface area contributed by atoms with Gasteiger partial charge >= 0.3 is 0 Å². The van der Waals surface area contributed by atoms with Gasteiger partial charge in [-0.2, -0.15) is 0 Å². The molecule has 0 aromatic heterocycles. The molecular weight excluding hydrogens is 332 g/mol. The Morgan fingerprint density at radius 3 is 2.96 bits per heavy atom. The zero-order valence-corrected chi connectivity index (χ0v) is 14.7. The molecule has 2 aliphatic heterocycles. The van der Waals surface area contributed by atoms with E-state index in [2.05, 4.69) is 21.9 Å². The van der Waals surface area contributed by atoms with Gasteiger partial charge in [-0.15, -0.1) is 0 Å². The first-order chi connectivity index (χ1) is 12.6. The topological polar surface area (TPSA) is 86.5 Å². The molecule has 0 aliphatic carbocycles. The van der Waals surface area contributed by atoms with E-state index in [0.717, 1.165) is 5.56 Å². The lowest BCUT2D eigenvalue weighted by Crippen LogP contribution is -2.47. The van der Waals surface area contributed by atoms with Crippen LogP contribution in [0.5, 0.6) is 11.5 Å². The van der Waals surface area contributed by atoms with E-state index >= 15 is 0 Å². The van der Waals surface area contributed by atoms with Gasteiger partial charge in [0, 0.05) is 17.7 Å². The number of guanidine groups is 1. The van der Waals surface area contributed by atoms with Gasteiger partial charge in [-0.25, -0.2) is 4.99 Å². The standard InChI is InChI=1S/C19H20N4O3/c1-4-6-7-12(5-2)18(25)22-19-21-15-13(17-20-10-11-23(17)19)8-9-14(24)16(15)26-3/h4-9,24H,1,10-11H2,2-3H3,(H,21,22,25)/b7-6-,12-5+. The SMILES string of the molecule is C=C/C=C\C(=C/C)C(=O)NC1=Nc2c(ccc(O)c2OC)C2=NCCN12. The van der Waals surface area contributed by atoms with E-state index in [1.807, 2.05) is 4.90 Å². The summed E-state index contributed by atoms with van der Waals surface area (Å²) in [5, 5.41) is 12.9. The molecule has 2 heterocycles. The molecule has 1 aromatic rings. The van der Waals surface area contributed by atoms with Crippen molar-refractivity contribution in [3.8, 4) is 11.5 Å². The molecule has 0 saturated heterocycles. The zero-order valence-electron chi connectivity index (χ0n) is 14.7. The summed E-state index contributed by atoms with van der Waals surface area (Å²) in [6.07, 6.45) is 6.67. The van der Waals surface area contributed by atoms with Gasteiger partial charge in [0.05, 0.1) is 13.7 Å². The third kappa shape index (κ3) is 2.99. The third-order valence-corrected chi connectivity index (χ3v) is 4.08. The summed E-state index contributed by atoms with van der Waals surface area (Å²) in [4.78, 5) is 23.5. The fourth-order valence-electron chi connectivity index (χ4n) is 2.85. The summed E-state index contributed by atoms with van der Waals surface area (Å²) in [6.45, 7) is 6.60. The van der Waals surface area contributed by atoms with Gasteiger partial charge in [-0.05, 0) is 25.1 Å². The van der Waals surface area contributed by atoms with Gasteiger partial charge in [-0.1, -0.05) is 24.8 Å². The van der Waals surface area contributed by atoms with Crippen LogP contribution in [-0.2, 0) is 4.79 Å². The maximum absolute atomic E-state index is 12.6. The third-order valence-electron chi connectivity index (χ3n) is 4.08. The highest BCUT2D eigenvalue weighted by Gasteiger charge is 2.33. The lowest BCUT2D eigenvalue weighted by molar-refractivity contribution is -0.116. The molecule has 0 fully saturated rings. The number of ether oxygens (including phenoxy) is 1. The number of methoxy groups -OCH3 is 1. The average molecular weight is 352 g/mol. The second kappa shape index (κ2) is 7.26. The van der Waals surface area contributed by atoms with Crippen LogP contribution in [0.25, 0.3) is 0 Å². The molecular formula is C19H20N4O3. The van der Waals surface area contributed by atoms with Crippen molar-refractivity contribution in [2.24, 2.45) is 9.98 Å². The van der Waals surface area contributed by atoms with Crippen LogP contribution in [0.4, 0.5) is 5.69 Å². The van der Waals surface area contributed by atoms with Crippen LogP contribution in [0.1, 0.15) is 12.5 Å². The number of nitrogens with zero attached hydrogens (tertiary/aromatic N) is 3. The highest BCUT2D eigenvalue weighted by atomic mass is 16.5. The van der Waals surface area contributed by atoms with Crippen LogP contribution in [0.2, 0.25) is 0 Å². The Morgan fingerprint density at radius 2 is 2.27 bits per heavy atom. The van der Waals surface area contributed by atoms with Crippen LogP contribution in [0.15, 0.2) is 58.6 Å². The summed E-state index contributed by atoms with van der Waals surface area (Å²) in [5.41, 5.74) is 1.69. The number of nitrogens with one attached hydrogen (secondary N) is 1. The monoisotopic (exact) mass is 352 g/mol. The van der Waals surface area contributed by atoms with Crippen molar-refractivity contribution in [3.05, 3.63) is 54.2 Å². The van der Waals surface area contributed by atoms with Crippen LogP contribution < -0.4 is 10.1 Å². The highest BCUT2D eigenvalue weighted by Crippen LogP contribution is 2.42. The second-order valence-electron chi connectivity index (χ2n) is 5.60. The van der Waals surface area contributed by atoms with Gasteiger partial charge in [0.25, 0.3) is 5.91 Å². The largest absolute Gasteiger partial charge is 0.504 e. The quantitative estimate of drug-likeness (QED) is 0.643. The summed E-state index contributed by atoms with van der Waals surface area (Å²) in [6, 6.07) is 3.30. The lowest BCUT2D eigenvalue weighted by atomic mass is 10.1. The molecule has 7 heteroatoms. The number of hydrogen-bond acceptors (Lipinski definition) is 6. The molecule has 26 heavy (non-hydrogen) atoms. The first-order valence-corrected chi connectivity index (χ1v) is 8.18. The van der Waals surface area contributed by atoms with E-state index in [-0.39, 0.29) is 17.4 Å². The number of phenolic OH excluding ortho intramolecular Hbond substituents is 1. The Hall–Kier alpha value is -3.35. The molecule has 2 aliphatic rings. The summed E-state index contributed by atoms with van der Waals surface area (Å²) >= 11 is 0. The molecule has 0 radical (unpaired) electrons. The lowest BCUT2D eigenvalue weighted by Gasteiger charge is -2.28. The molecule has 0 unspecified atom stereocenters. The maximum Gasteiger partial charge on any atom is 0.257 e.